The van der Waals surface area contributed by atoms with E-state index < -0.39 is 0 Å². The number of amides is 1. The first-order valence-electron chi connectivity index (χ1n) is 7.93. The lowest BCUT2D eigenvalue weighted by molar-refractivity contribution is -0.127. The summed E-state index contributed by atoms with van der Waals surface area (Å²) in [5.41, 5.74) is 0. The largest absolute Gasteiger partial charge is 0.347 e. The number of carbonyl (C=O) groups is 1. The Hall–Kier alpha value is -1.69. The molecule has 1 aromatic rings. The molecule has 1 aliphatic heterocycles. The van der Waals surface area contributed by atoms with Gasteiger partial charge in [-0.3, -0.25) is 9.79 Å². The molecule has 1 aliphatic rings. The van der Waals surface area contributed by atoms with Gasteiger partial charge in [-0.25, -0.2) is 0 Å². The van der Waals surface area contributed by atoms with Crippen LogP contribution in [0.15, 0.2) is 40.2 Å². The molecule has 0 spiro atoms. The van der Waals surface area contributed by atoms with Gasteiger partial charge < -0.3 is 15.1 Å². The summed E-state index contributed by atoms with van der Waals surface area (Å²) < 4.78 is 0. The quantitative estimate of drug-likeness (QED) is 0.506. The van der Waals surface area contributed by atoms with Gasteiger partial charge in [0.1, 0.15) is 0 Å². The molecule has 0 saturated carbocycles. The molecule has 1 saturated heterocycles. The molecule has 2 rings (SSSR count). The van der Waals surface area contributed by atoms with Crippen molar-refractivity contribution >= 4 is 23.6 Å². The van der Waals surface area contributed by atoms with Gasteiger partial charge in [0.15, 0.2) is 5.96 Å². The molecule has 1 heterocycles. The molecular formula is C17H26N4OS. The first-order chi connectivity index (χ1) is 11.1. The Morgan fingerprint density at radius 2 is 2.13 bits per heavy atom. The minimum Gasteiger partial charge on any atom is -0.347 e. The summed E-state index contributed by atoms with van der Waals surface area (Å²) in [6.45, 7) is 2.28. The number of likely N-dealkylation sites (N-methyl/N-ethyl adjacent to an activating group) is 1. The third-order valence-corrected chi connectivity index (χ3v) is 5.17. The van der Waals surface area contributed by atoms with E-state index in [0.29, 0.717) is 12.5 Å². The van der Waals surface area contributed by atoms with Crippen LogP contribution in [0.3, 0.4) is 0 Å². The van der Waals surface area contributed by atoms with Crippen LogP contribution >= 0.6 is 11.8 Å². The molecule has 1 atom stereocenters. The fourth-order valence-electron chi connectivity index (χ4n) is 2.54. The van der Waals surface area contributed by atoms with Crippen LogP contribution in [-0.4, -0.2) is 68.2 Å². The Morgan fingerprint density at radius 1 is 1.39 bits per heavy atom. The van der Waals surface area contributed by atoms with Crippen LogP contribution in [0.4, 0.5) is 0 Å². The van der Waals surface area contributed by atoms with Crippen molar-refractivity contribution in [2.45, 2.75) is 11.3 Å². The molecule has 0 radical (unpaired) electrons. The maximum Gasteiger partial charge on any atom is 0.241 e. The predicted molar refractivity (Wildman–Crippen MR) is 96.9 cm³/mol. The van der Waals surface area contributed by atoms with Gasteiger partial charge in [0.2, 0.25) is 5.91 Å². The first-order valence-corrected chi connectivity index (χ1v) is 8.92. The van der Waals surface area contributed by atoms with E-state index in [1.807, 2.05) is 17.8 Å². The second-order valence-corrected chi connectivity index (χ2v) is 7.01. The normalized spacial score (nSPS) is 18.1. The zero-order valence-electron chi connectivity index (χ0n) is 14.2. The molecule has 1 amide bonds. The Bertz CT molecular complexity index is 533. The van der Waals surface area contributed by atoms with Crippen LogP contribution in [-0.2, 0) is 4.79 Å². The smallest absolute Gasteiger partial charge is 0.241 e. The highest BCUT2D eigenvalue weighted by molar-refractivity contribution is 7.99. The summed E-state index contributed by atoms with van der Waals surface area (Å²) in [7, 11) is 5.30. The van der Waals surface area contributed by atoms with E-state index >= 15 is 0 Å². The number of likely N-dealkylation sites (tertiary alicyclic amines) is 1. The third-order valence-electron chi connectivity index (χ3n) is 3.92. The summed E-state index contributed by atoms with van der Waals surface area (Å²) in [5, 5.41) is 3.16. The molecular weight excluding hydrogens is 308 g/mol. The Morgan fingerprint density at radius 3 is 2.78 bits per heavy atom. The number of carbonyl (C=O) groups excluding carboxylic acids is 1. The van der Waals surface area contributed by atoms with E-state index in [1.54, 1.807) is 26.0 Å². The molecule has 0 bridgehead atoms. The van der Waals surface area contributed by atoms with Crippen molar-refractivity contribution in [2.24, 2.45) is 10.9 Å². The summed E-state index contributed by atoms with van der Waals surface area (Å²) in [4.78, 5) is 21.2. The van der Waals surface area contributed by atoms with Crippen LogP contribution in [0.2, 0.25) is 0 Å². The highest BCUT2D eigenvalue weighted by Gasteiger charge is 2.25. The average molecular weight is 334 g/mol. The topological polar surface area (TPSA) is 47.9 Å². The maximum absolute atomic E-state index is 11.7. The molecule has 23 heavy (non-hydrogen) atoms. The maximum atomic E-state index is 11.7. The van der Waals surface area contributed by atoms with Crippen molar-refractivity contribution in [3.8, 4) is 0 Å². The lowest BCUT2D eigenvalue weighted by Crippen LogP contribution is -2.44. The van der Waals surface area contributed by atoms with E-state index in [-0.39, 0.29) is 5.91 Å². The Labute approximate surface area is 143 Å². The number of hydrogen-bond acceptors (Lipinski definition) is 3. The summed E-state index contributed by atoms with van der Waals surface area (Å²) in [6.07, 6.45) is 1.17. The standard InChI is InChI=1S/C17H26N4OS/c1-18-17(19-11-16(22)20(2)3)21-10-9-14(12-21)13-23-15-7-5-4-6-8-15/h4-8,14H,9-13H2,1-3H3,(H,18,19). The van der Waals surface area contributed by atoms with E-state index in [2.05, 4.69) is 39.5 Å². The molecule has 1 aromatic carbocycles. The van der Waals surface area contributed by atoms with Crippen LogP contribution in [0.25, 0.3) is 0 Å². The highest BCUT2D eigenvalue weighted by atomic mass is 32.2. The van der Waals surface area contributed by atoms with Crippen LogP contribution < -0.4 is 5.32 Å². The van der Waals surface area contributed by atoms with Gasteiger partial charge in [0, 0.05) is 44.9 Å². The second kappa shape index (κ2) is 8.82. The number of rotatable bonds is 5. The monoisotopic (exact) mass is 334 g/mol. The minimum absolute atomic E-state index is 0.0570. The number of guanidine groups is 1. The van der Waals surface area contributed by atoms with Crippen molar-refractivity contribution in [1.29, 1.82) is 0 Å². The van der Waals surface area contributed by atoms with Crippen LogP contribution in [0.5, 0.6) is 0 Å². The number of benzene rings is 1. The predicted octanol–water partition coefficient (Wildman–Crippen LogP) is 1.76. The molecule has 1 fully saturated rings. The van der Waals surface area contributed by atoms with Gasteiger partial charge in [-0.1, -0.05) is 18.2 Å². The van der Waals surface area contributed by atoms with Gasteiger partial charge >= 0.3 is 0 Å². The van der Waals surface area contributed by atoms with Crippen molar-refractivity contribution in [3.63, 3.8) is 0 Å². The molecule has 1 unspecified atom stereocenters. The average Bonchev–Trinajstić information content (AvgIpc) is 3.03. The molecule has 5 nitrogen and oxygen atoms in total. The number of hydrogen-bond donors (Lipinski definition) is 1. The molecule has 0 aliphatic carbocycles. The second-order valence-electron chi connectivity index (χ2n) is 5.91. The van der Waals surface area contributed by atoms with Crippen molar-refractivity contribution < 1.29 is 4.79 Å². The summed E-state index contributed by atoms with van der Waals surface area (Å²) in [6, 6.07) is 10.5. The van der Waals surface area contributed by atoms with Crippen molar-refractivity contribution in [3.05, 3.63) is 30.3 Å². The van der Waals surface area contributed by atoms with Gasteiger partial charge in [-0.05, 0) is 24.5 Å². The van der Waals surface area contributed by atoms with Crippen molar-refractivity contribution in [2.75, 3.05) is 46.5 Å². The fourth-order valence-corrected chi connectivity index (χ4v) is 3.59. The zero-order chi connectivity index (χ0) is 16.7. The number of nitrogens with one attached hydrogen (secondary N) is 1. The molecule has 0 aromatic heterocycles. The number of thioether (sulfide) groups is 1. The molecule has 6 heteroatoms. The summed E-state index contributed by atoms with van der Waals surface area (Å²) >= 11 is 1.91. The summed E-state index contributed by atoms with van der Waals surface area (Å²) in [5.74, 6) is 2.66. The van der Waals surface area contributed by atoms with Gasteiger partial charge in [0.25, 0.3) is 0 Å². The lowest BCUT2D eigenvalue weighted by atomic mass is 10.2. The van der Waals surface area contributed by atoms with E-state index in [1.165, 1.54) is 11.3 Å². The lowest BCUT2D eigenvalue weighted by Gasteiger charge is -2.22. The molecule has 1 N–H and O–H groups in total. The first kappa shape index (κ1) is 17.7. The van der Waals surface area contributed by atoms with E-state index in [4.69, 9.17) is 0 Å². The highest BCUT2D eigenvalue weighted by Crippen LogP contribution is 2.25. The van der Waals surface area contributed by atoms with Gasteiger partial charge in [-0.2, -0.15) is 0 Å². The van der Waals surface area contributed by atoms with E-state index in [0.717, 1.165) is 24.8 Å². The van der Waals surface area contributed by atoms with Crippen molar-refractivity contribution in [1.82, 2.24) is 15.1 Å². The van der Waals surface area contributed by atoms with E-state index in [9.17, 15) is 4.79 Å². The number of aliphatic imine (C=N–C) groups is 1. The third kappa shape index (κ3) is 5.46. The van der Waals surface area contributed by atoms with Gasteiger partial charge in [0.05, 0.1) is 6.54 Å². The molecule has 126 valence electrons. The minimum atomic E-state index is 0.0570. The Balaban J connectivity index is 1.77. The van der Waals surface area contributed by atoms with Crippen LogP contribution in [0.1, 0.15) is 6.42 Å². The number of nitrogens with zero attached hydrogens (tertiary/aromatic N) is 3. The SMILES string of the molecule is CN=C(NCC(=O)N(C)C)N1CCC(CSc2ccccc2)C1. The van der Waals surface area contributed by atoms with Crippen LogP contribution in [0, 0.1) is 5.92 Å². The van der Waals surface area contributed by atoms with Gasteiger partial charge in [-0.15, -0.1) is 11.8 Å². The fraction of sp³-hybridized carbons (Fsp3) is 0.529. The zero-order valence-corrected chi connectivity index (χ0v) is 15.0. The Kier molecular flexibility index (Phi) is 6.77.